The number of rotatable bonds is 10. The van der Waals surface area contributed by atoms with Gasteiger partial charge in [0.15, 0.2) is 0 Å². The first-order valence-corrected chi connectivity index (χ1v) is 8.94. The van der Waals surface area contributed by atoms with Crippen LogP contribution >= 0.6 is 23.2 Å². The van der Waals surface area contributed by atoms with Crippen LogP contribution in [0.25, 0.3) is 0 Å². The standard InChI is InChI=1S/C17H27Cl2N3O2/c1-4-5-7-22(17(23)20-6-8-21(2)3)9-10-24-16-12-14(18)11-15(19)13-16/h11-13H,4-10H2,1-3H3,(H,20,23). The van der Waals surface area contributed by atoms with Gasteiger partial charge in [0.05, 0.1) is 6.54 Å². The highest BCUT2D eigenvalue weighted by Crippen LogP contribution is 2.24. The van der Waals surface area contributed by atoms with Crippen LogP contribution in [0, 0.1) is 0 Å². The number of urea groups is 1. The first kappa shape index (κ1) is 20.9. The number of nitrogens with one attached hydrogen (secondary N) is 1. The van der Waals surface area contributed by atoms with Crippen molar-refractivity contribution in [1.82, 2.24) is 15.1 Å². The van der Waals surface area contributed by atoms with Gasteiger partial charge in [0.1, 0.15) is 12.4 Å². The topological polar surface area (TPSA) is 44.8 Å². The highest BCUT2D eigenvalue weighted by Gasteiger charge is 2.12. The number of likely N-dealkylation sites (N-methyl/N-ethyl adjacent to an activating group) is 1. The van der Waals surface area contributed by atoms with E-state index in [1.54, 1.807) is 23.1 Å². The Balaban J connectivity index is 2.47. The number of carbonyl (C=O) groups excluding carboxylic acids is 1. The molecule has 0 unspecified atom stereocenters. The molecule has 0 fully saturated rings. The largest absolute Gasteiger partial charge is 0.492 e. The third-order valence-electron chi connectivity index (χ3n) is 3.37. The summed E-state index contributed by atoms with van der Waals surface area (Å²) in [5.41, 5.74) is 0. The normalized spacial score (nSPS) is 10.8. The van der Waals surface area contributed by atoms with Crippen LogP contribution in [-0.4, -0.2) is 62.7 Å². The Hall–Kier alpha value is -1.17. The summed E-state index contributed by atoms with van der Waals surface area (Å²) in [6.45, 7) is 5.15. The van der Waals surface area contributed by atoms with Crippen molar-refractivity contribution in [2.45, 2.75) is 19.8 Å². The Morgan fingerprint density at radius 2 is 1.79 bits per heavy atom. The smallest absolute Gasteiger partial charge is 0.317 e. The summed E-state index contributed by atoms with van der Waals surface area (Å²) in [6, 6.07) is 5.02. The molecule has 136 valence electrons. The number of nitrogens with zero attached hydrogens (tertiary/aromatic N) is 2. The molecular weight excluding hydrogens is 349 g/mol. The van der Waals surface area contributed by atoms with Crippen LogP contribution in [0.15, 0.2) is 18.2 Å². The van der Waals surface area contributed by atoms with E-state index in [1.807, 2.05) is 19.0 Å². The second-order valence-corrected chi connectivity index (χ2v) is 6.70. The van der Waals surface area contributed by atoms with Gasteiger partial charge in [-0.2, -0.15) is 0 Å². The van der Waals surface area contributed by atoms with Gasteiger partial charge in [0.2, 0.25) is 0 Å². The van der Waals surface area contributed by atoms with Crippen molar-refractivity contribution < 1.29 is 9.53 Å². The molecule has 0 saturated heterocycles. The van der Waals surface area contributed by atoms with E-state index >= 15 is 0 Å². The molecule has 0 bridgehead atoms. The molecule has 0 aliphatic rings. The summed E-state index contributed by atoms with van der Waals surface area (Å²) in [5.74, 6) is 0.607. The van der Waals surface area contributed by atoms with Crippen LogP contribution in [0.2, 0.25) is 10.0 Å². The van der Waals surface area contributed by atoms with Gasteiger partial charge in [-0.1, -0.05) is 36.5 Å². The maximum atomic E-state index is 12.3. The third kappa shape index (κ3) is 8.62. The maximum absolute atomic E-state index is 12.3. The number of ether oxygens (including phenoxy) is 1. The van der Waals surface area contributed by atoms with Gasteiger partial charge in [-0.25, -0.2) is 4.79 Å². The van der Waals surface area contributed by atoms with Gasteiger partial charge in [0.25, 0.3) is 0 Å². The highest BCUT2D eigenvalue weighted by molar-refractivity contribution is 6.34. The van der Waals surface area contributed by atoms with E-state index in [0.717, 1.165) is 19.4 Å². The molecule has 0 aromatic heterocycles. The van der Waals surface area contributed by atoms with E-state index in [9.17, 15) is 4.79 Å². The summed E-state index contributed by atoms with van der Waals surface area (Å²) in [6.07, 6.45) is 2.00. The van der Waals surface area contributed by atoms with Crippen LogP contribution in [0.3, 0.4) is 0 Å². The Kier molecular flexibility index (Phi) is 9.91. The zero-order valence-corrected chi connectivity index (χ0v) is 16.2. The summed E-state index contributed by atoms with van der Waals surface area (Å²) < 4.78 is 5.67. The molecule has 1 rings (SSSR count). The van der Waals surface area contributed by atoms with Gasteiger partial charge >= 0.3 is 6.03 Å². The number of benzene rings is 1. The summed E-state index contributed by atoms with van der Waals surface area (Å²) in [7, 11) is 3.95. The van der Waals surface area contributed by atoms with Gasteiger partial charge in [-0.05, 0) is 38.7 Å². The lowest BCUT2D eigenvalue weighted by atomic mass is 10.3. The van der Waals surface area contributed by atoms with Crippen LogP contribution in [0.5, 0.6) is 5.75 Å². The lowest BCUT2D eigenvalue weighted by Crippen LogP contribution is -2.44. The predicted molar refractivity (Wildman–Crippen MR) is 100 cm³/mol. The molecule has 0 radical (unpaired) electrons. The van der Waals surface area contributed by atoms with Gasteiger partial charge in [-0.3, -0.25) is 0 Å². The van der Waals surface area contributed by atoms with Crippen molar-refractivity contribution in [3.05, 3.63) is 28.2 Å². The number of hydrogen-bond acceptors (Lipinski definition) is 3. The molecule has 0 saturated carbocycles. The van der Waals surface area contributed by atoms with E-state index in [2.05, 4.69) is 12.2 Å². The second kappa shape index (κ2) is 11.4. The fourth-order valence-corrected chi connectivity index (χ4v) is 2.55. The Bertz CT molecular complexity index is 492. The van der Waals surface area contributed by atoms with Crippen molar-refractivity contribution in [3.8, 4) is 5.75 Å². The lowest BCUT2D eigenvalue weighted by Gasteiger charge is -2.23. The number of unbranched alkanes of at least 4 members (excludes halogenated alkanes) is 1. The Morgan fingerprint density at radius 1 is 1.12 bits per heavy atom. The summed E-state index contributed by atoms with van der Waals surface area (Å²) in [5, 5.41) is 4.00. The lowest BCUT2D eigenvalue weighted by molar-refractivity contribution is 0.180. The average Bonchev–Trinajstić information content (AvgIpc) is 2.49. The average molecular weight is 376 g/mol. The van der Waals surface area contributed by atoms with Crippen LogP contribution in [0.1, 0.15) is 19.8 Å². The quantitative estimate of drug-likeness (QED) is 0.677. The minimum Gasteiger partial charge on any atom is -0.492 e. The molecule has 1 N–H and O–H groups in total. The van der Waals surface area contributed by atoms with E-state index < -0.39 is 0 Å². The van der Waals surface area contributed by atoms with Crippen molar-refractivity contribution in [3.63, 3.8) is 0 Å². The van der Waals surface area contributed by atoms with Gasteiger partial charge < -0.3 is 19.9 Å². The van der Waals surface area contributed by atoms with Gasteiger partial charge in [-0.15, -0.1) is 0 Å². The number of amides is 2. The van der Waals surface area contributed by atoms with Crippen molar-refractivity contribution in [2.24, 2.45) is 0 Å². The molecule has 1 aromatic rings. The predicted octanol–water partition coefficient (Wildman–Crippen LogP) is 3.75. The molecule has 0 atom stereocenters. The molecule has 0 aliphatic heterocycles. The summed E-state index contributed by atoms with van der Waals surface area (Å²) >= 11 is 11.9. The first-order valence-electron chi connectivity index (χ1n) is 8.18. The molecule has 2 amide bonds. The van der Waals surface area contributed by atoms with E-state index in [0.29, 0.717) is 42.0 Å². The molecule has 0 spiro atoms. The van der Waals surface area contributed by atoms with Crippen LogP contribution < -0.4 is 10.1 Å². The minimum absolute atomic E-state index is 0.0574. The van der Waals surface area contributed by atoms with Crippen LogP contribution in [0.4, 0.5) is 4.79 Å². The maximum Gasteiger partial charge on any atom is 0.317 e. The fourth-order valence-electron chi connectivity index (χ4n) is 2.05. The minimum atomic E-state index is -0.0574. The molecule has 0 aliphatic carbocycles. The molecule has 1 aromatic carbocycles. The molecule has 5 nitrogen and oxygen atoms in total. The van der Waals surface area contributed by atoms with Gasteiger partial charge in [0, 0.05) is 29.7 Å². The summed E-state index contributed by atoms with van der Waals surface area (Å²) in [4.78, 5) is 16.1. The highest BCUT2D eigenvalue weighted by atomic mass is 35.5. The number of halogens is 2. The Labute approximate surface area is 154 Å². The molecule has 0 heterocycles. The molecule has 24 heavy (non-hydrogen) atoms. The van der Waals surface area contributed by atoms with E-state index in [-0.39, 0.29) is 6.03 Å². The van der Waals surface area contributed by atoms with Crippen molar-refractivity contribution >= 4 is 29.2 Å². The third-order valence-corrected chi connectivity index (χ3v) is 3.81. The first-order chi connectivity index (χ1) is 11.4. The van der Waals surface area contributed by atoms with Crippen molar-refractivity contribution in [1.29, 1.82) is 0 Å². The SMILES string of the molecule is CCCCN(CCOc1cc(Cl)cc(Cl)c1)C(=O)NCCN(C)C. The number of carbonyl (C=O) groups is 1. The van der Waals surface area contributed by atoms with E-state index in [1.165, 1.54) is 0 Å². The van der Waals surface area contributed by atoms with Crippen molar-refractivity contribution in [2.75, 3.05) is 46.9 Å². The Morgan fingerprint density at radius 3 is 2.38 bits per heavy atom. The molecular formula is C17H27Cl2N3O2. The zero-order valence-electron chi connectivity index (χ0n) is 14.6. The monoisotopic (exact) mass is 375 g/mol. The van der Waals surface area contributed by atoms with E-state index in [4.69, 9.17) is 27.9 Å². The van der Waals surface area contributed by atoms with Crippen LogP contribution in [-0.2, 0) is 0 Å². The second-order valence-electron chi connectivity index (χ2n) is 5.83. The zero-order chi connectivity index (χ0) is 17.9. The fraction of sp³-hybridized carbons (Fsp3) is 0.588. The molecule has 7 heteroatoms. The number of hydrogen-bond donors (Lipinski definition) is 1.